The standard InChI is InChI=1S/C15H29N/c1-6-12(3)11-14(16-7-2)13-9-8-10-15(13,4)5/h13-14,16H,3,6-11H2,1-2,4-5H3. The molecular formula is C15H29N. The normalized spacial score (nSPS) is 25.6. The first-order valence-electron chi connectivity index (χ1n) is 6.91. The van der Waals surface area contributed by atoms with Crippen LogP contribution in [0.15, 0.2) is 12.2 Å². The molecule has 0 spiro atoms. The summed E-state index contributed by atoms with van der Waals surface area (Å²) in [5, 5.41) is 3.68. The van der Waals surface area contributed by atoms with Gasteiger partial charge in [0.2, 0.25) is 0 Å². The van der Waals surface area contributed by atoms with E-state index in [1.807, 2.05) is 0 Å². The average molecular weight is 223 g/mol. The lowest BCUT2D eigenvalue weighted by molar-refractivity contribution is 0.196. The van der Waals surface area contributed by atoms with E-state index in [2.05, 4.69) is 39.6 Å². The van der Waals surface area contributed by atoms with Crippen molar-refractivity contribution in [1.82, 2.24) is 5.32 Å². The molecule has 16 heavy (non-hydrogen) atoms. The molecule has 1 N–H and O–H groups in total. The zero-order chi connectivity index (χ0) is 12.2. The SMILES string of the molecule is C=C(CC)CC(NCC)C1CCCC1(C)C. The van der Waals surface area contributed by atoms with Gasteiger partial charge in [0.25, 0.3) is 0 Å². The summed E-state index contributed by atoms with van der Waals surface area (Å²) in [6.07, 6.45) is 6.46. The van der Waals surface area contributed by atoms with Gasteiger partial charge in [-0.25, -0.2) is 0 Å². The minimum Gasteiger partial charge on any atom is -0.314 e. The fourth-order valence-corrected chi connectivity index (χ4v) is 3.17. The van der Waals surface area contributed by atoms with Crippen LogP contribution in [-0.4, -0.2) is 12.6 Å². The highest BCUT2D eigenvalue weighted by molar-refractivity contribution is 5.01. The van der Waals surface area contributed by atoms with Crippen molar-refractivity contribution < 1.29 is 0 Å². The van der Waals surface area contributed by atoms with E-state index >= 15 is 0 Å². The number of hydrogen-bond acceptors (Lipinski definition) is 1. The maximum Gasteiger partial charge on any atom is 0.0137 e. The van der Waals surface area contributed by atoms with Gasteiger partial charge in [-0.2, -0.15) is 0 Å². The van der Waals surface area contributed by atoms with Gasteiger partial charge in [0.15, 0.2) is 0 Å². The zero-order valence-corrected chi connectivity index (χ0v) is 11.6. The van der Waals surface area contributed by atoms with Crippen LogP contribution in [0.4, 0.5) is 0 Å². The summed E-state index contributed by atoms with van der Waals surface area (Å²) in [6.45, 7) is 14.5. The lowest BCUT2D eigenvalue weighted by Crippen LogP contribution is -2.41. The summed E-state index contributed by atoms with van der Waals surface area (Å²) in [7, 11) is 0. The van der Waals surface area contributed by atoms with Gasteiger partial charge in [0.1, 0.15) is 0 Å². The van der Waals surface area contributed by atoms with Gasteiger partial charge < -0.3 is 5.32 Å². The van der Waals surface area contributed by atoms with Crippen molar-refractivity contribution in [3.05, 3.63) is 12.2 Å². The lowest BCUT2D eigenvalue weighted by atomic mass is 9.75. The third-order valence-corrected chi connectivity index (χ3v) is 4.30. The van der Waals surface area contributed by atoms with Crippen molar-refractivity contribution in [1.29, 1.82) is 0 Å². The Bertz CT molecular complexity index is 230. The van der Waals surface area contributed by atoms with Crippen molar-refractivity contribution in [3.8, 4) is 0 Å². The molecule has 1 saturated carbocycles. The van der Waals surface area contributed by atoms with Crippen LogP contribution < -0.4 is 5.32 Å². The van der Waals surface area contributed by atoms with Gasteiger partial charge in [-0.15, -0.1) is 0 Å². The van der Waals surface area contributed by atoms with E-state index in [0.717, 1.165) is 18.9 Å². The minimum absolute atomic E-state index is 0.515. The molecular weight excluding hydrogens is 194 g/mol. The maximum absolute atomic E-state index is 4.17. The fraction of sp³-hybridized carbons (Fsp3) is 0.867. The highest BCUT2D eigenvalue weighted by atomic mass is 14.9. The summed E-state index contributed by atoms with van der Waals surface area (Å²) >= 11 is 0. The molecule has 1 aliphatic rings. The Labute approximate surface area is 102 Å². The zero-order valence-electron chi connectivity index (χ0n) is 11.6. The molecule has 0 amide bonds. The highest BCUT2D eigenvalue weighted by Crippen LogP contribution is 2.45. The van der Waals surface area contributed by atoms with Crippen LogP contribution in [0.3, 0.4) is 0 Å². The Morgan fingerprint density at radius 2 is 2.12 bits per heavy atom. The summed E-state index contributed by atoms with van der Waals surface area (Å²) in [6, 6.07) is 0.648. The molecule has 0 aromatic heterocycles. The molecule has 0 aromatic carbocycles. The number of nitrogens with one attached hydrogen (secondary N) is 1. The second kappa shape index (κ2) is 5.86. The monoisotopic (exact) mass is 223 g/mol. The lowest BCUT2D eigenvalue weighted by Gasteiger charge is -2.35. The summed E-state index contributed by atoms with van der Waals surface area (Å²) in [5.74, 6) is 0.829. The fourth-order valence-electron chi connectivity index (χ4n) is 3.17. The van der Waals surface area contributed by atoms with E-state index in [0.29, 0.717) is 11.5 Å². The van der Waals surface area contributed by atoms with E-state index in [-0.39, 0.29) is 0 Å². The molecule has 0 bridgehead atoms. The number of rotatable bonds is 6. The molecule has 1 fully saturated rings. The second-order valence-corrected chi connectivity index (χ2v) is 5.96. The van der Waals surface area contributed by atoms with Crippen molar-refractivity contribution in [3.63, 3.8) is 0 Å². The molecule has 2 atom stereocenters. The predicted octanol–water partition coefficient (Wildman–Crippen LogP) is 4.15. The van der Waals surface area contributed by atoms with E-state index in [9.17, 15) is 0 Å². The van der Waals surface area contributed by atoms with Gasteiger partial charge in [0, 0.05) is 6.04 Å². The molecule has 1 aliphatic carbocycles. The molecule has 0 saturated heterocycles. The van der Waals surface area contributed by atoms with Gasteiger partial charge in [-0.05, 0) is 43.6 Å². The van der Waals surface area contributed by atoms with Crippen LogP contribution in [0.25, 0.3) is 0 Å². The summed E-state index contributed by atoms with van der Waals surface area (Å²) in [5.41, 5.74) is 1.91. The van der Waals surface area contributed by atoms with Crippen LogP contribution >= 0.6 is 0 Å². The predicted molar refractivity (Wildman–Crippen MR) is 72.6 cm³/mol. The van der Waals surface area contributed by atoms with Crippen molar-refractivity contribution >= 4 is 0 Å². The van der Waals surface area contributed by atoms with Crippen molar-refractivity contribution in [2.45, 2.75) is 65.8 Å². The molecule has 1 heteroatoms. The van der Waals surface area contributed by atoms with E-state index in [1.54, 1.807) is 0 Å². The first-order valence-corrected chi connectivity index (χ1v) is 6.91. The topological polar surface area (TPSA) is 12.0 Å². The second-order valence-electron chi connectivity index (χ2n) is 5.96. The molecule has 0 aromatic rings. The molecule has 2 unspecified atom stereocenters. The van der Waals surface area contributed by atoms with Gasteiger partial charge in [-0.1, -0.05) is 46.3 Å². The molecule has 0 radical (unpaired) electrons. The Hall–Kier alpha value is -0.300. The Balaban J connectivity index is 2.65. The third-order valence-electron chi connectivity index (χ3n) is 4.30. The molecule has 1 nitrogen and oxygen atoms in total. The van der Waals surface area contributed by atoms with E-state index in [4.69, 9.17) is 0 Å². The van der Waals surface area contributed by atoms with Crippen molar-refractivity contribution in [2.24, 2.45) is 11.3 Å². The smallest absolute Gasteiger partial charge is 0.0137 e. The number of hydrogen-bond donors (Lipinski definition) is 1. The Morgan fingerprint density at radius 1 is 1.44 bits per heavy atom. The Morgan fingerprint density at radius 3 is 2.56 bits per heavy atom. The maximum atomic E-state index is 4.17. The first kappa shape index (κ1) is 13.8. The van der Waals surface area contributed by atoms with Crippen molar-refractivity contribution in [2.75, 3.05) is 6.54 Å². The van der Waals surface area contributed by atoms with Crippen LogP contribution in [0.1, 0.15) is 59.8 Å². The van der Waals surface area contributed by atoms with Crippen LogP contribution in [0, 0.1) is 11.3 Å². The summed E-state index contributed by atoms with van der Waals surface area (Å²) < 4.78 is 0. The molecule has 0 aliphatic heterocycles. The average Bonchev–Trinajstić information content (AvgIpc) is 2.57. The van der Waals surface area contributed by atoms with Gasteiger partial charge >= 0.3 is 0 Å². The van der Waals surface area contributed by atoms with Crippen LogP contribution in [0.2, 0.25) is 0 Å². The van der Waals surface area contributed by atoms with Crippen LogP contribution in [0.5, 0.6) is 0 Å². The minimum atomic E-state index is 0.515. The molecule has 94 valence electrons. The Kier molecular flexibility index (Phi) is 5.04. The highest BCUT2D eigenvalue weighted by Gasteiger charge is 2.38. The first-order chi connectivity index (χ1) is 7.51. The molecule has 0 heterocycles. The van der Waals surface area contributed by atoms with E-state index in [1.165, 1.54) is 31.3 Å². The summed E-state index contributed by atoms with van der Waals surface area (Å²) in [4.78, 5) is 0. The van der Waals surface area contributed by atoms with Gasteiger partial charge in [0.05, 0.1) is 0 Å². The largest absolute Gasteiger partial charge is 0.314 e. The van der Waals surface area contributed by atoms with E-state index < -0.39 is 0 Å². The third kappa shape index (κ3) is 3.35. The van der Waals surface area contributed by atoms with Gasteiger partial charge in [-0.3, -0.25) is 0 Å². The molecule has 1 rings (SSSR count). The quantitative estimate of drug-likeness (QED) is 0.667. The van der Waals surface area contributed by atoms with Crippen LogP contribution in [-0.2, 0) is 0 Å².